The second kappa shape index (κ2) is 6.29. The standard InChI is InChI=1S/C17H16N2O5/c1-2-23-17(22)12-8-11-14(21)10-7-9(5-6-20)3-4-13(10)24-16(11)19-15(12)18/h3-4,7-8,20H,2,5-6H2,1H3,(H2,18,19). The summed E-state index contributed by atoms with van der Waals surface area (Å²) in [5.74, 6) is -0.696. The van der Waals surface area contributed by atoms with E-state index in [1.165, 1.54) is 6.07 Å². The number of aliphatic hydroxyl groups is 1. The fraction of sp³-hybridized carbons (Fsp3) is 0.235. The van der Waals surface area contributed by atoms with Crippen molar-refractivity contribution in [2.24, 2.45) is 0 Å². The maximum atomic E-state index is 12.7. The molecule has 0 aliphatic carbocycles. The van der Waals surface area contributed by atoms with E-state index in [1.54, 1.807) is 25.1 Å². The molecule has 0 saturated carbocycles. The van der Waals surface area contributed by atoms with Gasteiger partial charge in [0.25, 0.3) is 0 Å². The molecule has 3 rings (SSSR count). The van der Waals surface area contributed by atoms with E-state index in [1.807, 2.05) is 0 Å². The molecule has 7 nitrogen and oxygen atoms in total. The molecular weight excluding hydrogens is 312 g/mol. The second-order valence-electron chi connectivity index (χ2n) is 5.23. The van der Waals surface area contributed by atoms with Crippen LogP contribution in [-0.4, -0.2) is 29.3 Å². The van der Waals surface area contributed by atoms with Crippen molar-refractivity contribution in [2.45, 2.75) is 13.3 Å². The fourth-order valence-corrected chi connectivity index (χ4v) is 2.50. The molecule has 2 aromatic heterocycles. The lowest BCUT2D eigenvalue weighted by Gasteiger charge is -2.07. The number of aromatic nitrogens is 1. The molecule has 3 aromatic rings. The van der Waals surface area contributed by atoms with Crippen LogP contribution in [-0.2, 0) is 11.2 Å². The Morgan fingerprint density at radius 3 is 2.83 bits per heavy atom. The van der Waals surface area contributed by atoms with Gasteiger partial charge in [0.05, 0.1) is 17.4 Å². The molecule has 0 spiro atoms. The molecule has 0 aliphatic rings. The third-order valence-electron chi connectivity index (χ3n) is 3.65. The van der Waals surface area contributed by atoms with Crippen LogP contribution in [0, 0.1) is 0 Å². The van der Waals surface area contributed by atoms with Gasteiger partial charge in [0, 0.05) is 6.61 Å². The van der Waals surface area contributed by atoms with Crippen LogP contribution in [0.2, 0.25) is 0 Å². The van der Waals surface area contributed by atoms with Gasteiger partial charge in [0.15, 0.2) is 0 Å². The van der Waals surface area contributed by atoms with Crippen molar-refractivity contribution in [3.63, 3.8) is 0 Å². The van der Waals surface area contributed by atoms with E-state index in [0.717, 1.165) is 5.56 Å². The summed E-state index contributed by atoms with van der Waals surface area (Å²) in [7, 11) is 0. The van der Waals surface area contributed by atoms with E-state index in [0.29, 0.717) is 17.4 Å². The van der Waals surface area contributed by atoms with Gasteiger partial charge in [-0.15, -0.1) is 0 Å². The topological polar surface area (TPSA) is 116 Å². The number of carbonyl (C=O) groups is 1. The number of esters is 1. The van der Waals surface area contributed by atoms with E-state index in [2.05, 4.69) is 4.98 Å². The Kier molecular flexibility index (Phi) is 4.18. The maximum absolute atomic E-state index is 12.7. The van der Waals surface area contributed by atoms with Crippen molar-refractivity contribution in [1.29, 1.82) is 0 Å². The molecule has 24 heavy (non-hydrogen) atoms. The fourth-order valence-electron chi connectivity index (χ4n) is 2.50. The van der Waals surface area contributed by atoms with Gasteiger partial charge in [-0.3, -0.25) is 4.79 Å². The van der Waals surface area contributed by atoms with Crippen molar-refractivity contribution < 1.29 is 19.1 Å². The molecule has 0 bridgehead atoms. The highest BCUT2D eigenvalue weighted by atomic mass is 16.5. The van der Waals surface area contributed by atoms with Gasteiger partial charge in [-0.2, -0.15) is 4.98 Å². The molecule has 1 aromatic carbocycles. The summed E-state index contributed by atoms with van der Waals surface area (Å²) in [5, 5.41) is 9.54. The minimum Gasteiger partial charge on any atom is -0.462 e. The van der Waals surface area contributed by atoms with E-state index in [-0.39, 0.29) is 41.1 Å². The van der Waals surface area contributed by atoms with Crippen LogP contribution >= 0.6 is 0 Å². The van der Waals surface area contributed by atoms with E-state index in [9.17, 15) is 9.59 Å². The van der Waals surface area contributed by atoms with E-state index < -0.39 is 5.97 Å². The van der Waals surface area contributed by atoms with Crippen LogP contribution in [0.1, 0.15) is 22.8 Å². The van der Waals surface area contributed by atoms with Crippen LogP contribution in [0.15, 0.2) is 33.5 Å². The number of rotatable bonds is 4. The molecule has 0 unspecified atom stereocenters. The van der Waals surface area contributed by atoms with Crippen LogP contribution in [0.5, 0.6) is 0 Å². The molecular formula is C17H16N2O5. The quantitative estimate of drug-likeness (QED) is 0.552. The molecule has 0 amide bonds. The number of nitrogens with two attached hydrogens (primary N) is 1. The summed E-state index contributed by atoms with van der Waals surface area (Å²) in [6.45, 7) is 1.84. The SMILES string of the molecule is CCOC(=O)c1cc2c(=O)c3cc(CCO)ccc3oc2nc1N. The van der Waals surface area contributed by atoms with Crippen molar-refractivity contribution in [3.05, 3.63) is 45.6 Å². The number of hydrogen-bond acceptors (Lipinski definition) is 7. The minimum absolute atomic E-state index is 0.0183. The van der Waals surface area contributed by atoms with Crippen molar-refractivity contribution in [3.8, 4) is 0 Å². The van der Waals surface area contributed by atoms with Crippen LogP contribution in [0.3, 0.4) is 0 Å². The molecule has 0 saturated heterocycles. The summed E-state index contributed by atoms with van der Waals surface area (Å²) in [5.41, 5.74) is 6.73. The lowest BCUT2D eigenvalue weighted by Crippen LogP contribution is -2.12. The minimum atomic E-state index is -0.641. The van der Waals surface area contributed by atoms with Crippen LogP contribution < -0.4 is 11.2 Å². The number of hydrogen-bond donors (Lipinski definition) is 2. The number of nitrogen functional groups attached to an aromatic ring is 1. The lowest BCUT2D eigenvalue weighted by molar-refractivity contribution is 0.0527. The monoisotopic (exact) mass is 328 g/mol. The molecule has 2 heterocycles. The first kappa shape index (κ1) is 15.9. The average Bonchev–Trinajstić information content (AvgIpc) is 2.55. The number of nitrogens with zero attached hydrogens (tertiary/aromatic N) is 1. The average molecular weight is 328 g/mol. The van der Waals surface area contributed by atoms with Crippen molar-refractivity contribution >= 4 is 33.9 Å². The van der Waals surface area contributed by atoms with E-state index in [4.69, 9.17) is 20.0 Å². The Balaban J connectivity index is 2.27. The van der Waals surface area contributed by atoms with Gasteiger partial charge < -0.3 is 20.0 Å². The highest BCUT2D eigenvalue weighted by molar-refractivity contribution is 5.99. The van der Waals surface area contributed by atoms with Crippen LogP contribution in [0.4, 0.5) is 5.82 Å². The summed E-state index contributed by atoms with van der Waals surface area (Å²) in [4.78, 5) is 28.7. The van der Waals surface area contributed by atoms with E-state index >= 15 is 0 Å². The first-order valence-corrected chi connectivity index (χ1v) is 7.49. The normalized spacial score (nSPS) is 11.1. The van der Waals surface area contributed by atoms with Crippen molar-refractivity contribution in [1.82, 2.24) is 4.98 Å². The summed E-state index contributed by atoms with van der Waals surface area (Å²) in [6, 6.07) is 6.43. The third kappa shape index (κ3) is 2.69. The molecule has 124 valence electrons. The lowest BCUT2D eigenvalue weighted by atomic mass is 10.1. The van der Waals surface area contributed by atoms with Crippen LogP contribution in [0.25, 0.3) is 22.1 Å². The predicted molar refractivity (Wildman–Crippen MR) is 88.9 cm³/mol. The predicted octanol–water partition coefficient (Wildman–Crippen LogP) is 1.63. The molecule has 0 atom stereocenters. The Bertz CT molecular complexity index is 994. The van der Waals surface area contributed by atoms with Gasteiger partial charge in [-0.1, -0.05) is 6.07 Å². The number of aliphatic hydroxyl groups excluding tert-OH is 1. The van der Waals surface area contributed by atoms with Gasteiger partial charge in [0.2, 0.25) is 11.1 Å². The number of pyridine rings is 1. The third-order valence-corrected chi connectivity index (χ3v) is 3.65. The zero-order chi connectivity index (χ0) is 17.3. The highest BCUT2D eigenvalue weighted by Crippen LogP contribution is 2.22. The van der Waals surface area contributed by atoms with Crippen molar-refractivity contribution in [2.75, 3.05) is 18.9 Å². The summed E-state index contributed by atoms with van der Waals surface area (Å²) >= 11 is 0. The Morgan fingerprint density at radius 2 is 2.12 bits per heavy atom. The summed E-state index contributed by atoms with van der Waals surface area (Å²) in [6.07, 6.45) is 0.432. The number of anilines is 1. The van der Waals surface area contributed by atoms with Gasteiger partial charge in [-0.25, -0.2) is 4.79 Å². The zero-order valence-electron chi connectivity index (χ0n) is 13.0. The highest BCUT2D eigenvalue weighted by Gasteiger charge is 2.17. The second-order valence-corrected chi connectivity index (χ2v) is 5.23. The zero-order valence-corrected chi connectivity index (χ0v) is 13.0. The molecule has 7 heteroatoms. The molecule has 0 fully saturated rings. The van der Waals surface area contributed by atoms with Gasteiger partial charge >= 0.3 is 5.97 Å². The first-order valence-electron chi connectivity index (χ1n) is 7.49. The van der Waals surface area contributed by atoms with Gasteiger partial charge in [0.1, 0.15) is 17.0 Å². The smallest absolute Gasteiger partial charge is 0.341 e. The molecule has 3 N–H and O–H groups in total. The number of benzene rings is 1. The summed E-state index contributed by atoms with van der Waals surface area (Å²) < 4.78 is 10.5. The maximum Gasteiger partial charge on any atom is 0.341 e. The molecule has 0 radical (unpaired) electrons. The number of ether oxygens (including phenoxy) is 1. The Labute approximate surface area is 136 Å². The largest absolute Gasteiger partial charge is 0.462 e. The van der Waals surface area contributed by atoms with Gasteiger partial charge in [-0.05, 0) is 37.1 Å². The first-order chi connectivity index (χ1) is 11.5. The Hall–Kier alpha value is -2.93. The number of carbonyl (C=O) groups excluding carboxylic acids is 1. The number of fused-ring (bicyclic) bond motifs is 2. The molecule has 0 aliphatic heterocycles. The Morgan fingerprint density at radius 1 is 1.33 bits per heavy atom.